The number of ketones is 1. The number of allylic oxidation sites excluding steroid dienone is 4. The molecule has 0 radical (unpaired) electrons. The number of carbonyl (C=O) groups excluding carboxylic acids is 1. The van der Waals surface area contributed by atoms with Crippen molar-refractivity contribution in [1.82, 2.24) is 0 Å². The Bertz CT molecular complexity index is 615. The summed E-state index contributed by atoms with van der Waals surface area (Å²) in [5.41, 5.74) is 3.58. The van der Waals surface area contributed by atoms with E-state index < -0.39 is 0 Å². The summed E-state index contributed by atoms with van der Waals surface area (Å²) in [7, 11) is 0. The third-order valence-electron chi connectivity index (χ3n) is 8.38. The summed E-state index contributed by atoms with van der Waals surface area (Å²) < 4.78 is 0. The highest BCUT2D eigenvalue weighted by atomic mass is 16.3. The Balaban J connectivity index is 1.70. The van der Waals surface area contributed by atoms with Crippen molar-refractivity contribution in [2.75, 3.05) is 6.61 Å². The van der Waals surface area contributed by atoms with E-state index in [1.165, 1.54) is 24.8 Å². The summed E-state index contributed by atoms with van der Waals surface area (Å²) in [6.45, 7) is 7.44. The first-order valence-corrected chi connectivity index (χ1v) is 9.95. The van der Waals surface area contributed by atoms with E-state index in [-0.39, 0.29) is 5.41 Å². The fourth-order valence-corrected chi connectivity index (χ4v) is 6.96. The number of hydrogen-bond acceptors (Lipinski definition) is 2. The Labute approximate surface area is 146 Å². The van der Waals surface area contributed by atoms with Gasteiger partial charge in [0.05, 0.1) is 0 Å². The van der Waals surface area contributed by atoms with Crippen LogP contribution < -0.4 is 0 Å². The zero-order valence-corrected chi connectivity index (χ0v) is 15.5. The van der Waals surface area contributed by atoms with E-state index in [1.807, 2.05) is 6.08 Å². The molecule has 0 aromatic heterocycles. The second kappa shape index (κ2) is 5.56. The molecule has 0 aromatic rings. The van der Waals surface area contributed by atoms with E-state index in [0.717, 1.165) is 31.6 Å². The van der Waals surface area contributed by atoms with Crippen molar-refractivity contribution < 1.29 is 9.90 Å². The predicted molar refractivity (Wildman–Crippen MR) is 96.4 cm³/mol. The summed E-state index contributed by atoms with van der Waals surface area (Å²) in [6.07, 6.45) is 12.4. The highest BCUT2D eigenvalue weighted by Gasteiger charge is 2.56. The van der Waals surface area contributed by atoms with Crippen molar-refractivity contribution in [2.45, 2.75) is 65.7 Å². The maximum Gasteiger partial charge on any atom is 0.155 e. The van der Waals surface area contributed by atoms with Gasteiger partial charge in [0.1, 0.15) is 0 Å². The molecule has 0 aliphatic heterocycles. The highest BCUT2D eigenvalue weighted by molar-refractivity contribution is 5.92. The Hall–Kier alpha value is -0.890. The molecule has 0 saturated heterocycles. The Morgan fingerprint density at radius 2 is 2.04 bits per heavy atom. The molecule has 4 rings (SSSR count). The van der Waals surface area contributed by atoms with Crippen LogP contribution in [0.2, 0.25) is 0 Å². The van der Waals surface area contributed by atoms with Gasteiger partial charge in [-0.2, -0.15) is 0 Å². The fraction of sp³-hybridized carbons (Fsp3) is 0.773. The van der Waals surface area contributed by atoms with Gasteiger partial charge in [-0.1, -0.05) is 38.0 Å². The van der Waals surface area contributed by atoms with E-state index in [2.05, 4.69) is 26.8 Å². The van der Waals surface area contributed by atoms with Crippen LogP contribution in [0.1, 0.15) is 65.7 Å². The first-order valence-electron chi connectivity index (χ1n) is 9.95. The molecule has 4 aliphatic rings. The number of aliphatic hydroxyl groups is 1. The van der Waals surface area contributed by atoms with Gasteiger partial charge in [-0.25, -0.2) is 0 Å². The van der Waals surface area contributed by atoms with Crippen LogP contribution in [0.15, 0.2) is 23.3 Å². The molecular formula is C22H32O2. The van der Waals surface area contributed by atoms with Gasteiger partial charge in [0, 0.05) is 18.4 Å². The topological polar surface area (TPSA) is 37.3 Å². The van der Waals surface area contributed by atoms with E-state index in [9.17, 15) is 9.90 Å². The smallest absolute Gasteiger partial charge is 0.155 e. The monoisotopic (exact) mass is 328 g/mol. The van der Waals surface area contributed by atoms with Gasteiger partial charge in [0.25, 0.3) is 0 Å². The average Bonchev–Trinajstić information content (AvgIpc) is 2.92. The lowest BCUT2D eigenvalue weighted by Gasteiger charge is -2.54. The summed E-state index contributed by atoms with van der Waals surface area (Å²) in [6, 6.07) is 0. The lowest BCUT2D eigenvalue weighted by Crippen LogP contribution is -2.45. The van der Waals surface area contributed by atoms with E-state index in [0.29, 0.717) is 35.6 Å². The molecule has 132 valence electrons. The summed E-state index contributed by atoms with van der Waals surface area (Å²) >= 11 is 0. The number of aliphatic hydroxyl groups excluding tert-OH is 1. The molecule has 0 bridgehead atoms. The number of hydrogen-bond donors (Lipinski definition) is 1. The maximum atomic E-state index is 11.9. The lowest BCUT2D eigenvalue weighted by atomic mass is 9.50. The molecule has 6 atom stereocenters. The number of fused-ring (bicyclic) bond motifs is 5. The van der Waals surface area contributed by atoms with Crippen molar-refractivity contribution in [3.8, 4) is 0 Å². The largest absolute Gasteiger partial charge is 0.396 e. The molecule has 2 nitrogen and oxygen atoms in total. The SMILES string of the molecule is C[C@@H](CO)[C@H]1CC[C@H]2[C@@H]3CCC4=CC(=O)CC[C@]4(C)C3=CC[C@]12C. The molecule has 0 heterocycles. The van der Waals surface area contributed by atoms with Crippen LogP contribution in [0.3, 0.4) is 0 Å². The summed E-state index contributed by atoms with van der Waals surface area (Å²) in [5, 5.41) is 9.70. The lowest BCUT2D eigenvalue weighted by molar-refractivity contribution is -0.115. The zero-order chi connectivity index (χ0) is 17.1. The minimum Gasteiger partial charge on any atom is -0.396 e. The molecule has 1 N–H and O–H groups in total. The van der Waals surface area contributed by atoms with E-state index in [4.69, 9.17) is 0 Å². The van der Waals surface area contributed by atoms with Crippen LogP contribution in [-0.4, -0.2) is 17.5 Å². The van der Waals surface area contributed by atoms with Gasteiger partial charge in [-0.15, -0.1) is 0 Å². The summed E-state index contributed by atoms with van der Waals surface area (Å²) in [5.74, 6) is 2.88. The van der Waals surface area contributed by atoms with Crippen molar-refractivity contribution in [3.05, 3.63) is 23.3 Å². The van der Waals surface area contributed by atoms with E-state index in [1.54, 1.807) is 5.57 Å². The first-order chi connectivity index (χ1) is 11.4. The van der Waals surface area contributed by atoms with Crippen LogP contribution in [0.4, 0.5) is 0 Å². The van der Waals surface area contributed by atoms with Gasteiger partial charge < -0.3 is 5.11 Å². The van der Waals surface area contributed by atoms with Gasteiger partial charge >= 0.3 is 0 Å². The van der Waals surface area contributed by atoms with Gasteiger partial charge in [0.2, 0.25) is 0 Å². The molecule has 2 heteroatoms. The third kappa shape index (κ3) is 2.14. The Morgan fingerprint density at radius 1 is 1.25 bits per heavy atom. The molecule has 2 saturated carbocycles. The third-order valence-corrected chi connectivity index (χ3v) is 8.38. The van der Waals surface area contributed by atoms with Crippen LogP contribution in [0, 0.1) is 34.5 Å². The normalized spacial score (nSPS) is 45.7. The molecule has 4 aliphatic carbocycles. The molecule has 0 unspecified atom stereocenters. The van der Waals surface area contributed by atoms with Crippen LogP contribution in [-0.2, 0) is 4.79 Å². The highest BCUT2D eigenvalue weighted by Crippen LogP contribution is 2.65. The molecular weight excluding hydrogens is 296 g/mol. The molecule has 0 amide bonds. The van der Waals surface area contributed by atoms with Crippen LogP contribution in [0.5, 0.6) is 0 Å². The minimum absolute atomic E-state index is 0.152. The van der Waals surface area contributed by atoms with Crippen molar-refractivity contribution >= 4 is 5.78 Å². The Morgan fingerprint density at radius 3 is 2.79 bits per heavy atom. The molecule has 0 aromatic carbocycles. The quantitative estimate of drug-likeness (QED) is 0.747. The minimum atomic E-state index is 0.152. The van der Waals surface area contributed by atoms with Gasteiger partial charge in [-0.05, 0) is 73.7 Å². The maximum absolute atomic E-state index is 11.9. The molecule has 2 fully saturated rings. The molecule has 24 heavy (non-hydrogen) atoms. The number of rotatable bonds is 2. The van der Waals surface area contributed by atoms with Crippen molar-refractivity contribution in [1.29, 1.82) is 0 Å². The first kappa shape index (κ1) is 16.6. The average molecular weight is 328 g/mol. The second-order valence-corrected chi connectivity index (χ2v) is 9.43. The molecule has 0 spiro atoms. The van der Waals surface area contributed by atoms with Crippen molar-refractivity contribution in [3.63, 3.8) is 0 Å². The van der Waals surface area contributed by atoms with Gasteiger partial charge in [-0.3, -0.25) is 4.79 Å². The predicted octanol–water partition coefficient (Wildman–Crippen LogP) is 4.68. The van der Waals surface area contributed by atoms with Crippen molar-refractivity contribution in [2.24, 2.45) is 34.5 Å². The standard InChI is InChI=1S/C22H32O2/c1-14(13-23)18-6-7-19-17-5-4-15-12-16(24)8-10-21(15,2)20(17)9-11-22(18,19)3/h9,12,14,17-19,23H,4-8,10-11,13H2,1-3H3/t14-,17-,18+,19-,21-,22+/m0/s1. The van der Waals surface area contributed by atoms with Crippen LogP contribution >= 0.6 is 0 Å². The number of carbonyl (C=O) groups is 1. The Kier molecular flexibility index (Phi) is 3.84. The van der Waals surface area contributed by atoms with Gasteiger partial charge in [0.15, 0.2) is 5.78 Å². The zero-order valence-electron chi connectivity index (χ0n) is 15.5. The second-order valence-electron chi connectivity index (χ2n) is 9.43. The van der Waals surface area contributed by atoms with Crippen LogP contribution in [0.25, 0.3) is 0 Å². The van der Waals surface area contributed by atoms with E-state index >= 15 is 0 Å². The fourth-order valence-electron chi connectivity index (χ4n) is 6.96. The summed E-state index contributed by atoms with van der Waals surface area (Å²) in [4.78, 5) is 11.9.